The minimum atomic E-state index is -0.726. The second kappa shape index (κ2) is 5.21. The summed E-state index contributed by atoms with van der Waals surface area (Å²) in [6.45, 7) is 9.89. The average molecular weight is 276 g/mol. The van der Waals surface area contributed by atoms with Crippen LogP contribution in [0.2, 0.25) is 0 Å². The lowest BCUT2D eigenvalue weighted by Gasteiger charge is -2.41. The van der Waals surface area contributed by atoms with Gasteiger partial charge in [0.2, 0.25) is 0 Å². The number of Topliss-reactive ketones (excluding diaryl/α,β-unsaturated/α-hetero) is 1. The molecule has 0 spiro atoms. The molecule has 0 radical (unpaired) electrons. The molecule has 110 valence electrons. The Labute approximate surface area is 121 Å². The van der Waals surface area contributed by atoms with Crippen LogP contribution in [0.25, 0.3) is 0 Å². The molecule has 0 fully saturated rings. The summed E-state index contributed by atoms with van der Waals surface area (Å²) in [6, 6.07) is 7.29. The zero-order chi connectivity index (χ0) is 15.1. The number of ether oxygens (including phenoxy) is 1. The van der Waals surface area contributed by atoms with Gasteiger partial charge in [0, 0.05) is 0 Å². The van der Waals surface area contributed by atoms with Crippen LogP contribution in [0.3, 0.4) is 0 Å². The van der Waals surface area contributed by atoms with Crippen molar-refractivity contribution in [3.8, 4) is 5.75 Å². The molecular weight excluding hydrogens is 252 g/mol. The molecule has 1 aliphatic rings. The summed E-state index contributed by atoms with van der Waals surface area (Å²) in [5, 5.41) is 10.6. The topological polar surface area (TPSA) is 46.5 Å². The molecule has 1 aromatic carbocycles. The monoisotopic (exact) mass is 276 g/mol. The second-order valence-corrected chi connectivity index (χ2v) is 7.02. The molecule has 1 N–H and O–H groups in total. The highest BCUT2D eigenvalue weighted by atomic mass is 16.5. The molecule has 3 heteroatoms. The summed E-state index contributed by atoms with van der Waals surface area (Å²) in [4.78, 5) is 12.8. The predicted molar refractivity (Wildman–Crippen MR) is 79.0 cm³/mol. The number of aliphatic hydroxyl groups is 1. The molecule has 0 amide bonds. The van der Waals surface area contributed by atoms with Gasteiger partial charge in [-0.3, -0.25) is 4.79 Å². The lowest BCUT2D eigenvalue weighted by molar-refractivity contribution is -0.0416. The van der Waals surface area contributed by atoms with Crippen LogP contribution in [0, 0.1) is 17.3 Å². The highest BCUT2D eigenvalue weighted by Crippen LogP contribution is 2.39. The van der Waals surface area contributed by atoms with E-state index in [1.54, 1.807) is 6.07 Å². The molecule has 2 rings (SSSR count). The third-order valence-corrected chi connectivity index (χ3v) is 3.96. The fourth-order valence-electron chi connectivity index (χ4n) is 2.73. The van der Waals surface area contributed by atoms with E-state index in [-0.39, 0.29) is 23.2 Å². The maximum Gasteiger partial charge on any atom is 0.176 e. The number of ketones is 1. The van der Waals surface area contributed by atoms with Crippen molar-refractivity contribution in [2.75, 3.05) is 0 Å². The van der Waals surface area contributed by atoms with Crippen molar-refractivity contribution in [1.82, 2.24) is 0 Å². The van der Waals surface area contributed by atoms with Gasteiger partial charge in [-0.1, -0.05) is 46.8 Å². The van der Waals surface area contributed by atoms with E-state index in [9.17, 15) is 9.90 Å². The first-order valence-electron chi connectivity index (χ1n) is 7.21. The van der Waals surface area contributed by atoms with Crippen molar-refractivity contribution >= 4 is 5.78 Å². The Morgan fingerprint density at radius 3 is 2.35 bits per heavy atom. The van der Waals surface area contributed by atoms with Crippen LogP contribution in [0.15, 0.2) is 24.3 Å². The molecule has 0 bridgehead atoms. The van der Waals surface area contributed by atoms with E-state index in [4.69, 9.17) is 4.74 Å². The first-order chi connectivity index (χ1) is 9.23. The standard InChI is InChI=1S/C17H24O3/c1-10(2)15-13(16(19)17(3,4)5)14(18)11-8-6-7-9-12(11)20-15/h6-10,13,15-16,19H,1-5H3/t13-,15+,16-/m1/s1. The third-order valence-electron chi connectivity index (χ3n) is 3.96. The van der Waals surface area contributed by atoms with Crippen molar-refractivity contribution in [1.29, 1.82) is 0 Å². The van der Waals surface area contributed by atoms with Crippen LogP contribution in [0.4, 0.5) is 0 Å². The molecule has 0 unspecified atom stereocenters. The van der Waals surface area contributed by atoms with Crippen molar-refractivity contribution < 1.29 is 14.6 Å². The number of aliphatic hydroxyl groups excluding tert-OH is 1. The van der Waals surface area contributed by atoms with E-state index in [2.05, 4.69) is 0 Å². The first-order valence-corrected chi connectivity index (χ1v) is 7.21. The van der Waals surface area contributed by atoms with Gasteiger partial charge in [-0.2, -0.15) is 0 Å². The van der Waals surface area contributed by atoms with Crippen molar-refractivity contribution in [2.24, 2.45) is 17.3 Å². The number of rotatable bonds is 2. The third kappa shape index (κ3) is 2.59. The Morgan fingerprint density at radius 2 is 1.80 bits per heavy atom. The SMILES string of the molecule is CC(C)[C@@H]1Oc2ccccc2C(=O)[C@H]1[C@@H](O)C(C)(C)C. The van der Waals surface area contributed by atoms with Crippen molar-refractivity contribution in [3.05, 3.63) is 29.8 Å². The number of hydrogen-bond donors (Lipinski definition) is 1. The Balaban J connectivity index is 2.46. The van der Waals surface area contributed by atoms with Gasteiger partial charge in [-0.05, 0) is 23.5 Å². The minimum absolute atomic E-state index is 0.00650. The van der Waals surface area contributed by atoms with Gasteiger partial charge in [0.15, 0.2) is 5.78 Å². The molecule has 1 heterocycles. The summed E-state index contributed by atoms with van der Waals surface area (Å²) in [5.74, 6) is 0.278. The second-order valence-electron chi connectivity index (χ2n) is 7.02. The average Bonchev–Trinajstić information content (AvgIpc) is 2.36. The molecule has 0 aliphatic carbocycles. The zero-order valence-corrected chi connectivity index (χ0v) is 12.9. The highest BCUT2D eigenvalue weighted by molar-refractivity contribution is 6.02. The fourth-order valence-corrected chi connectivity index (χ4v) is 2.73. The van der Waals surface area contributed by atoms with Crippen LogP contribution in [-0.4, -0.2) is 23.1 Å². The summed E-state index contributed by atoms with van der Waals surface area (Å²) in [5.41, 5.74) is 0.223. The number of carbonyl (C=O) groups is 1. The van der Waals surface area contributed by atoms with Gasteiger partial charge in [-0.25, -0.2) is 0 Å². The molecule has 3 atom stereocenters. The van der Waals surface area contributed by atoms with Crippen molar-refractivity contribution in [3.63, 3.8) is 0 Å². The Hall–Kier alpha value is -1.35. The maximum absolute atomic E-state index is 12.8. The van der Waals surface area contributed by atoms with Crippen LogP contribution < -0.4 is 4.74 Å². The molecule has 1 aromatic rings. The van der Waals surface area contributed by atoms with E-state index in [1.165, 1.54) is 0 Å². The van der Waals surface area contributed by atoms with Crippen LogP contribution in [-0.2, 0) is 0 Å². The normalized spacial score (nSPS) is 24.2. The number of benzene rings is 1. The molecule has 0 aromatic heterocycles. The minimum Gasteiger partial charge on any atom is -0.489 e. The van der Waals surface area contributed by atoms with Crippen molar-refractivity contribution in [2.45, 2.75) is 46.8 Å². The quantitative estimate of drug-likeness (QED) is 0.901. The number of carbonyl (C=O) groups excluding carboxylic acids is 1. The summed E-state index contributed by atoms with van der Waals surface area (Å²) in [7, 11) is 0. The number of fused-ring (bicyclic) bond motifs is 1. The summed E-state index contributed by atoms with van der Waals surface area (Å²) < 4.78 is 6.01. The summed E-state index contributed by atoms with van der Waals surface area (Å²) >= 11 is 0. The van der Waals surface area contributed by atoms with E-state index in [1.807, 2.05) is 52.8 Å². The van der Waals surface area contributed by atoms with Gasteiger partial charge in [0.05, 0.1) is 17.6 Å². The molecule has 0 saturated heterocycles. The van der Waals surface area contributed by atoms with Gasteiger partial charge in [0.1, 0.15) is 11.9 Å². The lowest BCUT2D eigenvalue weighted by Crippen LogP contribution is -2.51. The molecule has 1 aliphatic heterocycles. The van der Waals surface area contributed by atoms with Gasteiger partial charge in [0.25, 0.3) is 0 Å². The fraction of sp³-hybridized carbons (Fsp3) is 0.588. The Kier molecular flexibility index (Phi) is 3.92. The van der Waals surface area contributed by atoms with E-state index in [0.29, 0.717) is 11.3 Å². The molecule has 0 saturated carbocycles. The molecular formula is C17H24O3. The first kappa shape index (κ1) is 15.0. The Bertz CT molecular complexity index is 499. The van der Waals surface area contributed by atoms with Gasteiger partial charge >= 0.3 is 0 Å². The van der Waals surface area contributed by atoms with Gasteiger partial charge in [-0.15, -0.1) is 0 Å². The van der Waals surface area contributed by atoms with Crippen LogP contribution in [0.1, 0.15) is 45.0 Å². The largest absolute Gasteiger partial charge is 0.489 e. The summed E-state index contributed by atoms with van der Waals surface area (Å²) in [6.07, 6.45) is -1.01. The molecule has 3 nitrogen and oxygen atoms in total. The number of hydrogen-bond acceptors (Lipinski definition) is 3. The van der Waals surface area contributed by atoms with Crippen LogP contribution >= 0.6 is 0 Å². The number of para-hydroxylation sites is 1. The maximum atomic E-state index is 12.8. The van der Waals surface area contributed by atoms with E-state index < -0.39 is 12.0 Å². The zero-order valence-electron chi connectivity index (χ0n) is 12.9. The highest BCUT2D eigenvalue weighted by Gasteiger charge is 2.46. The van der Waals surface area contributed by atoms with Gasteiger partial charge < -0.3 is 9.84 Å². The molecule has 20 heavy (non-hydrogen) atoms. The van der Waals surface area contributed by atoms with E-state index in [0.717, 1.165) is 0 Å². The smallest absolute Gasteiger partial charge is 0.176 e. The van der Waals surface area contributed by atoms with Crippen LogP contribution in [0.5, 0.6) is 5.75 Å². The van der Waals surface area contributed by atoms with E-state index >= 15 is 0 Å². The Morgan fingerprint density at radius 1 is 1.20 bits per heavy atom. The lowest BCUT2D eigenvalue weighted by atomic mass is 9.72. The predicted octanol–water partition coefficient (Wildman–Crippen LogP) is 3.31.